The van der Waals surface area contributed by atoms with Gasteiger partial charge in [0, 0.05) is 10.5 Å². The number of thioether (sulfide) groups is 1. The van der Waals surface area contributed by atoms with Crippen molar-refractivity contribution in [2.75, 3.05) is 13.7 Å². The molecule has 7 heteroatoms. The summed E-state index contributed by atoms with van der Waals surface area (Å²) in [6.45, 7) is 0.684. The van der Waals surface area contributed by atoms with Crippen LogP contribution in [0.25, 0.3) is 0 Å². The third-order valence-corrected chi connectivity index (χ3v) is 7.14. The summed E-state index contributed by atoms with van der Waals surface area (Å²) >= 11 is 1.48. The van der Waals surface area contributed by atoms with Crippen molar-refractivity contribution in [3.63, 3.8) is 0 Å². The minimum atomic E-state index is -0.890. The number of hydrogen-bond donors (Lipinski definition) is 1. The van der Waals surface area contributed by atoms with Gasteiger partial charge in [-0.25, -0.2) is 0 Å². The molecule has 1 N–H and O–H groups in total. The van der Waals surface area contributed by atoms with Gasteiger partial charge in [-0.15, -0.1) is 0 Å². The van der Waals surface area contributed by atoms with E-state index in [9.17, 15) is 5.11 Å². The molecule has 0 aliphatic carbocycles. The second-order valence-electron chi connectivity index (χ2n) is 8.26. The third kappa shape index (κ3) is 5.30. The van der Waals surface area contributed by atoms with E-state index in [1.54, 1.807) is 7.11 Å². The van der Waals surface area contributed by atoms with Gasteiger partial charge in [-0.3, -0.25) is 0 Å². The number of rotatable bonds is 7. The molecule has 2 saturated heterocycles. The average Bonchev–Trinajstić information content (AvgIpc) is 2.90. The van der Waals surface area contributed by atoms with Crippen LogP contribution in [0, 0.1) is 0 Å². The number of hydrogen-bond acceptors (Lipinski definition) is 7. The van der Waals surface area contributed by atoms with Crippen LogP contribution in [0.4, 0.5) is 0 Å². The Morgan fingerprint density at radius 2 is 1.62 bits per heavy atom. The summed E-state index contributed by atoms with van der Waals surface area (Å²) in [7, 11) is 1.64. The first-order valence-electron chi connectivity index (χ1n) is 11.3. The maximum Gasteiger partial charge on any atom is 0.184 e. The van der Waals surface area contributed by atoms with E-state index < -0.39 is 30.0 Å². The van der Waals surface area contributed by atoms with Crippen LogP contribution < -0.4 is 4.74 Å². The Bertz CT molecular complexity index is 1030. The van der Waals surface area contributed by atoms with Gasteiger partial charge in [-0.05, 0) is 29.8 Å². The van der Waals surface area contributed by atoms with Crippen molar-refractivity contribution in [2.24, 2.45) is 0 Å². The third-order valence-electron chi connectivity index (χ3n) is 5.98. The van der Waals surface area contributed by atoms with Crippen molar-refractivity contribution in [3.05, 3.63) is 96.1 Å². The first-order chi connectivity index (χ1) is 16.7. The number of fused-ring (bicyclic) bond motifs is 1. The second kappa shape index (κ2) is 10.9. The van der Waals surface area contributed by atoms with Crippen LogP contribution in [-0.4, -0.2) is 48.7 Å². The molecule has 178 valence electrons. The molecule has 0 bridgehead atoms. The van der Waals surface area contributed by atoms with Crippen molar-refractivity contribution < 1.29 is 28.8 Å². The molecule has 2 aliphatic heterocycles. The van der Waals surface area contributed by atoms with Gasteiger partial charge in [0.2, 0.25) is 0 Å². The van der Waals surface area contributed by atoms with E-state index in [0.717, 1.165) is 21.8 Å². The van der Waals surface area contributed by atoms with Crippen molar-refractivity contribution in [1.82, 2.24) is 0 Å². The van der Waals surface area contributed by atoms with Gasteiger partial charge < -0.3 is 28.8 Å². The SMILES string of the molecule is COc1ccc(COC2C(O)[C@@H](Sc3ccccc3)OC3COC(c4ccccc4)O[C@H]32)cc1. The lowest BCUT2D eigenvalue weighted by Gasteiger charge is -2.47. The van der Waals surface area contributed by atoms with Gasteiger partial charge in [0.05, 0.1) is 20.3 Å². The van der Waals surface area contributed by atoms with Crippen molar-refractivity contribution >= 4 is 11.8 Å². The molecular formula is C27H28O6S. The predicted octanol–water partition coefficient (Wildman–Crippen LogP) is 4.57. The average molecular weight is 481 g/mol. The normalized spacial score (nSPS) is 28.8. The largest absolute Gasteiger partial charge is 0.497 e. The molecular weight excluding hydrogens is 452 g/mol. The first-order valence-corrected chi connectivity index (χ1v) is 12.2. The number of aliphatic hydroxyl groups is 1. The number of methoxy groups -OCH3 is 1. The lowest BCUT2D eigenvalue weighted by molar-refractivity contribution is -0.325. The molecule has 2 heterocycles. The maximum atomic E-state index is 11.3. The minimum absolute atomic E-state index is 0.331. The smallest absolute Gasteiger partial charge is 0.184 e. The van der Waals surface area contributed by atoms with E-state index in [-0.39, 0.29) is 6.10 Å². The first kappa shape index (κ1) is 23.4. The zero-order valence-corrected chi connectivity index (χ0v) is 19.7. The summed E-state index contributed by atoms with van der Waals surface area (Å²) < 4.78 is 30.1. The summed E-state index contributed by atoms with van der Waals surface area (Å²) in [6, 6.07) is 27.4. The van der Waals surface area contributed by atoms with Crippen LogP contribution in [0.1, 0.15) is 17.4 Å². The predicted molar refractivity (Wildman–Crippen MR) is 129 cm³/mol. The highest BCUT2D eigenvalue weighted by Gasteiger charge is 2.50. The van der Waals surface area contributed by atoms with Crippen LogP contribution >= 0.6 is 11.8 Å². The fraction of sp³-hybridized carbons (Fsp3) is 0.333. The Balaban J connectivity index is 1.35. The maximum absolute atomic E-state index is 11.3. The van der Waals surface area contributed by atoms with Crippen LogP contribution in [0.3, 0.4) is 0 Å². The fourth-order valence-corrected chi connectivity index (χ4v) is 5.25. The Kier molecular flexibility index (Phi) is 7.49. The lowest BCUT2D eigenvalue weighted by Crippen LogP contribution is -2.61. The van der Waals surface area contributed by atoms with Crippen LogP contribution in [-0.2, 0) is 25.6 Å². The Labute approximate surface area is 203 Å². The molecule has 34 heavy (non-hydrogen) atoms. The number of aliphatic hydroxyl groups excluding tert-OH is 1. The van der Waals surface area contributed by atoms with Crippen LogP contribution in [0.5, 0.6) is 5.75 Å². The molecule has 0 spiro atoms. The van der Waals surface area contributed by atoms with E-state index in [0.29, 0.717) is 13.2 Å². The summed E-state index contributed by atoms with van der Waals surface area (Å²) in [6.07, 6.45) is -2.84. The summed E-state index contributed by atoms with van der Waals surface area (Å²) in [5, 5.41) is 11.3. The lowest BCUT2D eigenvalue weighted by atomic mass is 9.98. The Morgan fingerprint density at radius 1 is 0.912 bits per heavy atom. The van der Waals surface area contributed by atoms with E-state index in [2.05, 4.69) is 0 Å². The van der Waals surface area contributed by atoms with Gasteiger partial charge in [-0.2, -0.15) is 0 Å². The molecule has 6 atom stereocenters. The molecule has 0 saturated carbocycles. The zero-order valence-electron chi connectivity index (χ0n) is 18.9. The highest BCUT2D eigenvalue weighted by molar-refractivity contribution is 7.99. The summed E-state index contributed by atoms with van der Waals surface area (Å²) in [4.78, 5) is 1.01. The molecule has 2 aliphatic rings. The minimum Gasteiger partial charge on any atom is -0.497 e. The summed E-state index contributed by atoms with van der Waals surface area (Å²) in [5.74, 6) is 0.785. The zero-order chi connectivity index (χ0) is 23.3. The van der Waals surface area contributed by atoms with Gasteiger partial charge in [0.1, 0.15) is 35.6 Å². The van der Waals surface area contributed by atoms with E-state index in [1.165, 1.54) is 11.8 Å². The molecule has 4 unspecified atom stereocenters. The molecule has 3 aromatic carbocycles. The molecule has 5 rings (SSSR count). The molecule has 0 aromatic heterocycles. The molecule has 0 amide bonds. The van der Waals surface area contributed by atoms with Gasteiger partial charge in [0.15, 0.2) is 6.29 Å². The number of ether oxygens (including phenoxy) is 5. The molecule has 3 aromatic rings. The quantitative estimate of drug-likeness (QED) is 0.531. The van der Waals surface area contributed by atoms with Crippen LogP contribution in [0.2, 0.25) is 0 Å². The molecule has 6 nitrogen and oxygen atoms in total. The van der Waals surface area contributed by atoms with E-state index in [1.807, 2.05) is 84.9 Å². The highest BCUT2D eigenvalue weighted by Crippen LogP contribution is 2.40. The topological polar surface area (TPSA) is 66.4 Å². The van der Waals surface area contributed by atoms with Crippen molar-refractivity contribution in [2.45, 2.75) is 47.6 Å². The van der Waals surface area contributed by atoms with Crippen LogP contribution in [0.15, 0.2) is 89.8 Å². The highest BCUT2D eigenvalue weighted by atomic mass is 32.2. The van der Waals surface area contributed by atoms with Crippen molar-refractivity contribution in [3.8, 4) is 5.75 Å². The molecule has 2 fully saturated rings. The molecule has 0 radical (unpaired) electrons. The number of benzene rings is 3. The van der Waals surface area contributed by atoms with E-state index >= 15 is 0 Å². The van der Waals surface area contributed by atoms with Gasteiger partial charge in [0.25, 0.3) is 0 Å². The standard InChI is InChI=1S/C27H28O6S/c1-29-20-14-12-18(13-15-20)16-30-25-23(28)27(34-21-10-6-3-7-11-21)32-22-17-31-26(33-24(22)25)19-8-4-2-5-9-19/h2-15,22-28H,16-17H2,1H3/t22?,23?,24-,25?,26?,27-/m1/s1. The van der Waals surface area contributed by atoms with Crippen molar-refractivity contribution in [1.29, 1.82) is 0 Å². The van der Waals surface area contributed by atoms with Gasteiger partial charge >= 0.3 is 0 Å². The second-order valence-corrected chi connectivity index (χ2v) is 9.44. The Hall–Kier alpha value is -2.39. The van der Waals surface area contributed by atoms with E-state index in [4.69, 9.17) is 23.7 Å². The Morgan fingerprint density at radius 3 is 2.32 bits per heavy atom. The summed E-state index contributed by atoms with van der Waals surface area (Å²) in [5.41, 5.74) is 1.39. The fourth-order valence-electron chi connectivity index (χ4n) is 4.18. The van der Waals surface area contributed by atoms with Gasteiger partial charge in [-0.1, -0.05) is 72.4 Å². The monoisotopic (exact) mass is 480 g/mol.